The molecule has 1 aromatic heterocycles. The summed E-state index contributed by atoms with van der Waals surface area (Å²) in [6.45, 7) is 2.40. The number of nitrogens with one attached hydrogen (secondary N) is 2. The number of halogens is 1. The lowest BCUT2D eigenvalue weighted by Gasteiger charge is -2.16. The van der Waals surface area contributed by atoms with Gasteiger partial charge in [-0.2, -0.15) is 0 Å². The average molecular weight is 419 g/mol. The molecule has 124 valence electrons. The van der Waals surface area contributed by atoms with Crippen molar-refractivity contribution < 1.29 is 4.74 Å². The minimum Gasteiger partial charge on any atom is -0.376 e. The Hall–Kier alpha value is -1.09. The van der Waals surface area contributed by atoms with E-state index in [2.05, 4.69) is 26.7 Å². The van der Waals surface area contributed by atoms with Crippen LogP contribution in [-0.4, -0.2) is 51.3 Å². The highest BCUT2D eigenvalue weighted by Gasteiger charge is 2.15. The number of aromatic nitrogens is 1. The second kappa shape index (κ2) is 9.83. The van der Waals surface area contributed by atoms with Gasteiger partial charge in [0.1, 0.15) is 5.82 Å². The topological polar surface area (TPSA) is 61.8 Å². The number of hydrogen-bond donors (Lipinski definition) is 2. The van der Waals surface area contributed by atoms with Gasteiger partial charge in [0.2, 0.25) is 0 Å². The molecule has 1 aromatic rings. The van der Waals surface area contributed by atoms with E-state index in [0.29, 0.717) is 12.6 Å². The third kappa shape index (κ3) is 5.96. The van der Waals surface area contributed by atoms with Gasteiger partial charge in [0.15, 0.2) is 5.96 Å². The van der Waals surface area contributed by atoms with Crippen LogP contribution in [0.3, 0.4) is 0 Å². The Morgan fingerprint density at radius 1 is 1.45 bits per heavy atom. The fourth-order valence-electron chi connectivity index (χ4n) is 2.24. The highest BCUT2D eigenvalue weighted by molar-refractivity contribution is 14.0. The smallest absolute Gasteiger partial charge is 0.191 e. The van der Waals surface area contributed by atoms with Crippen LogP contribution in [0.5, 0.6) is 0 Å². The molecule has 0 radical (unpaired) electrons. The zero-order chi connectivity index (χ0) is 15.1. The third-order valence-electron chi connectivity index (χ3n) is 3.47. The summed E-state index contributed by atoms with van der Waals surface area (Å²) in [7, 11) is 5.76. The number of guanidine groups is 1. The normalized spacial score (nSPS) is 17.8. The molecule has 2 heterocycles. The molecule has 1 fully saturated rings. The first-order valence-electron chi connectivity index (χ1n) is 7.37. The fraction of sp³-hybridized carbons (Fsp3) is 0.600. The first-order valence-corrected chi connectivity index (χ1v) is 7.37. The Labute approximate surface area is 149 Å². The van der Waals surface area contributed by atoms with Gasteiger partial charge < -0.3 is 20.3 Å². The monoisotopic (exact) mass is 419 g/mol. The van der Waals surface area contributed by atoms with E-state index in [-0.39, 0.29) is 24.0 Å². The van der Waals surface area contributed by atoms with Crippen molar-refractivity contribution in [2.75, 3.05) is 39.2 Å². The van der Waals surface area contributed by atoms with Crippen LogP contribution in [0.1, 0.15) is 18.4 Å². The first-order chi connectivity index (χ1) is 10.2. The van der Waals surface area contributed by atoms with E-state index in [1.165, 1.54) is 5.56 Å². The quantitative estimate of drug-likeness (QED) is 0.432. The van der Waals surface area contributed by atoms with Crippen molar-refractivity contribution in [1.29, 1.82) is 0 Å². The third-order valence-corrected chi connectivity index (χ3v) is 3.47. The molecule has 7 heteroatoms. The molecule has 0 aromatic carbocycles. The molecular formula is C15H26IN5O. The average Bonchev–Trinajstić information content (AvgIpc) is 3.01. The molecule has 0 amide bonds. The Morgan fingerprint density at radius 3 is 2.91 bits per heavy atom. The summed E-state index contributed by atoms with van der Waals surface area (Å²) in [5.74, 6) is 1.75. The molecule has 0 spiro atoms. The number of hydrogen-bond acceptors (Lipinski definition) is 4. The predicted octanol–water partition coefficient (Wildman–Crippen LogP) is 1.61. The van der Waals surface area contributed by atoms with Crippen LogP contribution in [0.2, 0.25) is 0 Å². The van der Waals surface area contributed by atoms with Crippen LogP contribution < -0.4 is 15.5 Å². The predicted molar refractivity (Wildman–Crippen MR) is 101 cm³/mol. The van der Waals surface area contributed by atoms with E-state index >= 15 is 0 Å². The SMILES string of the molecule is CN=C(NCc1ccnc(N(C)C)c1)NCC1CCCO1.I. The molecule has 1 aliphatic rings. The van der Waals surface area contributed by atoms with E-state index in [1.807, 2.05) is 31.3 Å². The van der Waals surface area contributed by atoms with Crippen LogP contribution in [-0.2, 0) is 11.3 Å². The second-order valence-electron chi connectivity index (χ2n) is 5.36. The molecule has 0 saturated carbocycles. The molecule has 0 bridgehead atoms. The summed E-state index contributed by atoms with van der Waals surface area (Å²) < 4.78 is 5.59. The maximum atomic E-state index is 5.59. The molecule has 1 saturated heterocycles. The van der Waals surface area contributed by atoms with E-state index in [4.69, 9.17) is 4.74 Å². The van der Waals surface area contributed by atoms with Crippen molar-refractivity contribution in [3.63, 3.8) is 0 Å². The van der Waals surface area contributed by atoms with Gasteiger partial charge in [-0.25, -0.2) is 4.98 Å². The van der Waals surface area contributed by atoms with Crippen molar-refractivity contribution >= 4 is 35.8 Å². The van der Waals surface area contributed by atoms with Gasteiger partial charge in [-0.05, 0) is 30.5 Å². The minimum absolute atomic E-state index is 0. The van der Waals surface area contributed by atoms with Gasteiger partial charge in [0, 0.05) is 47.0 Å². The number of aliphatic imine (C=N–C) groups is 1. The number of pyridine rings is 1. The molecule has 6 nitrogen and oxygen atoms in total. The zero-order valence-corrected chi connectivity index (χ0v) is 15.8. The highest BCUT2D eigenvalue weighted by atomic mass is 127. The van der Waals surface area contributed by atoms with Crippen molar-refractivity contribution in [3.8, 4) is 0 Å². The van der Waals surface area contributed by atoms with Gasteiger partial charge >= 0.3 is 0 Å². The minimum atomic E-state index is 0. The molecule has 0 aliphatic carbocycles. The molecular weight excluding hydrogens is 393 g/mol. The van der Waals surface area contributed by atoms with Crippen LogP contribution >= 0.6 is 24.0 Å². The summed E-state index contributed by atoms with van der Waals surface area (Å²) in [4.78, 5) is 10.5. The van der Waals surface area contributed by atoms with Gasteiger partial charge in [0.05, 0.1) is 6.10 Å². The summed E-state index contributed by atoms with van der Waals surface area (Å²) in [6.07, 6.45) is 4.42. The summed E-state index contributed by atoms with van der Waals surface area (Å²) >= 11 is 0. The van der Waals surface area contributed by atoms with Crippen molar-refractivity contribution in [2.45, 2.75) is 25.5 Å². The standard InChI is InChI=1S/C15H25N5O.HI/c1-16-15(19-11-13-5-4-8-21-13)18-10-12-6-7-17-14(9-12)20(2)3;/h6-7,9,13H,4-5,8,10-11H2,1-3H3,(H2,16,18,19);1H. The lowest BCUT2D eigenvalue weighted by atomic mass is 10.2. The Balaban J connectivity index is 0.00000242. The van der Waals surface area contributed by atoms with Gasteiger partial charge in [-0.1, -0.05) is 0 Å². The molecule has 2 rings (SSSR count). The summed E-state index contributed by atoms with van der Waals surface area (Å²) in [6, 6.07) is 4.08. The number of ether oxygens (including phenoxy) is 1. The highest BCUT2D eigenvalue weighted by Crippen LogP contribution is 2.11. The maximum Gasteiger partial charge on any atom is 0.191 e. The summed E-state index contributed by atoms with van der Waals surface area (Å²) in [5.41, 5.74) is 1.17. The molecule has 1 atom stereocenters. The number of nitrogens with zero attached hydrogens (tertiary/aromatic N) is 3. The number of anilines is 1. The Kier molecular flexibility index (Phi) is 8.47. The van der Waals surface area contributed by atoms with Crippen LogP contribution in [0.15, 0.2) is 23.3 Å². The lowest BCUT2D eigenvalue weighted by molar-refractivity contribution is 0.114. The zero-order valence-electron chi connectivity index (χ0n) is 13.5. The van der Waals surface area contributed by atoms with Crippen LogP contribution in [0.4, 0.5) is 5.82 Å². The van der Waals surface area contributed by atoms with E-state index < -0.39 is 0 Å². The first kappa shape index (κ1) is 19.0. The lowest BCUT2D eigenvalue weighted by Crippen LogP contribution is -2.40. The molecule has 1 aliphatic heterocycles. The number of rotatable bonds is 5. The second-order valence-corrected chi connectivity index (χ2v) is 5.36. The Bertz CT molecular complexity index is 475. The van der Waals surface area contributed by atoms with Crippen LogP contribution in [0, 0.1) is 0 Å². The molecule has 2 N–H and O–H groups in total. The van der Waals surface area contributed by atoms with E-state index in [9.17, 15) is 0 Å². The largest absolute Gasteiger partial charge is 0.376 e. The van der Waals surface area contributed by atoms with Crippen LogP contribution in [0.25, 0.3) is 0 Å². The Morgan fingerprint density at radius 2 is 2.27 bits per heavy atom. The maximum absolute atomic E-state index is 5.59. The molecule has 22 heavy (non-hydrogen) atoms. The van der Waals surface area contributed by atoms with Gasteiger partial charge in [-0.15, -0.1) is 24.0 Å². The summed E-state index contributed by atoms with van der Waals surface area (Å²) in [5, 5.41) is 6.62. The van der Waals surface area contributed by atoms with E-state index in [1.54, 1.807) is 7.05 Å². The van der Waals surface area contributed by atoms with Crippen molar-refractivity contribution in [3.05, 3.63) is 23.9 Å². The van der Waals surface area contributed by atoms with Crippen molar-refractivity contribution in [1.82, 2.24) is 15.6 Å². The van der Waals surface area contributed by atoms with Gasteiger partial charge in [0.25, 0.3) is 0 Å². The molecule has 1 unspecified atom stereocenters. The van der Waals surface area contributed by atoms with Crippen molar-refractivity contribution in [2.24, 2.45) is 4.99 Å². The fourth-order valence-corrected chi connectivity index (χ4v) is 2.24. The van der Waals surface area contributed by atoms with E-state index in [0.717, 1.165) is 37.8 Å². The van der Waals surface area contributed by atoms with Gasteiger partial charge in [-0.3, -0.25) is 4.99 Å².